The largest absolute Gasteiger partial charge is 0.503 e. The second kappa shape index (κ2) is 2.82. The second-order valence-corrected chi connectivity index (χ2v) is 5.03. The summed E-state index contributed by atoms with van der Waals surface area (Å²) in [6.07, 6.45) is 0. The zero-order valence-electron chi connectivity index (χ0n) is 7.18. The highest BCUT2D eigenvalue weighted by Gasteiger charge is 2.24. The first kappa shape index (κ1) is 9.68. The van der Waals surface area contributed by atoms with Gasteiger partial charge in [-0.25, -0.2) is 0 Å². The van der Waals surface area contributed by atoms with Crippen molar-refractivity contribution in [1.29, 1.82) is 0 Å². The van der Waals surface area contributed by atoms with Gasteiger partial charge in [0.1, 0.15) is 5.02 Å². The van der Waals surface area contributed by atoms with Crippen molar-refractivity contribution in [2.75, 3.05) is 0 Å². The molecule has 2 nitrogen and oxygen atoms in total. The van der Waals surface area contributed by atoms with Crippen LogP contribution in [0.2, 0.25) is 5.02 Å². The van der Waals surface area contributed by atoms with E-state index in [1.807, 2.05) is 20.8 Å². The summed E-state index contributed by atoms with van der Waals surface area (Å²) in [6, 6.07) is 0. The zero-order chi connectivity index (χ0) is 9.52. The SMILES string of the molecule is CC(C)(C)c1sc(O)c(O)c1Cl. The highest BCUT2D eigenvalue weighted by atomic mass is 35.5. The Kier molecular flexibility index (Phi) is 2.27. The maximum Gasteiger partial charge on any atom is 0.216 e. The fraction of sp³-hybridized carbons (Fsp3) is 0.500. The van der Waals surface area contributed by atoms with Gasteiger partial charge in [-0.05, 0) is 5.41 Å². The Balaban J connectivity index is 3.28. The Hall–Kier alpha value is -0.410. The molecule has 1 rings (SSSR count). The lowest BCUT2D eigenvalue weighted by atomic mass is 9.95. The number of hydrogen-bond donors (Lipinski definition) is 2. The van der Waals surface area contributed by atoms with E-state index in [1.165, 1.54) is 0 Å². The summed E-state index contributed by atoms with van der Waals surface area (Å²) in [5.41, 5.74) is -0.139. The van der Waals surface area contributed by atoms with Crippen LogP contribution >= 0.6 is 22.9 Å². The van der Waals surface area contributed by atoms with Gasteiger partial charge in [-0.2, -0.15) is 0 Å². The van der Waals surface area contributed by atoms with Crippen LogP contribution in [0.4, 0.5) is 0 Å². The molecule has 4 heteroatoms. The highest BCUT2D eigenvalue weighted by molar-refractivity contribution is 7.15. The smallest absolute Gasteiger partial charge is 0.216 e. The van der Waals surface area contributed by atoms with Gasteiger partial charge in [0.25, 0.3) is 0 Å². The van der Waals surface area contributed by atoms with Crippen LogP contribution in [0.15, 0.2) is 0 Å². The van der Waals surface area contributed by atoms with Gasteiger partial charge in [-0.3, -0.25) is 0 Å². The van der Waals surface area contributed by atoms with Crippen molar-refractivity contribution in [3.63, 3.8) is 0 Å². The molecule has 1 heterocycles. The summed E-state index contributed by atoms with van der Waals surface area (Å²) in [4.78, 5) is 0.805. The average molecular weight is 207 g/mol. The Bertz CT molecular complexity index is 299. The van der Waals surface area contributed by atoms with Gasteiger partial charge in [-0.1, -0.05) is 43.7 Å². The Morgan fingerprint density at radius 2 is 1.75 bits per heavy atom. The molecule has 0 bridgehead atoms. The van der Waals surface area contributed by atoms with Crippen molar-refractivity contribution >= 4 is 22.9 Å². The number of rotatable bonds is 0. The van der Waals surface area contributed by atoms with Crippen LogP contribution < -0.4 is 0 Å². The van der Waals surface area contributed by atoms with Crippen molar-refractivity contribution < 1.29 is 10.2 Å². The number of hydrogen-bond acceptors (Lipinski definition) is 3. The number of thiophene rings is 1. The first-order valence-electron chi connectivity index (χ1n) is 3.54. The number of halogens is 1. The summed E-state index contributed by atoms with van der Waals surface area (Å²) in [5.74, 6) is -0.202. The molecule has 12 heavy (non-hydrogen) atoms. The van der Waals surface area contributed by atoms with Crippen molar-refractivity contribution in [2.24, 2.45) is 0 Å². The lowest BCUT2D eigenvalue weighted by Crippen LogP contribution is -2.08. The second-order valence-electron chi connectivity index (χ2n) is 3.65. The van der Waals surface area contributed by atoms with Gasteiger partial charge in [0, 0.05) is 4.88 Å². The molecule has 0 saturated carbocycles. The van der Waals surface area contributed by atoms with E-state index in [4.69, 9.17) is 16.7 Å². The van der Waals surface area contributed by atoms with Gasteiger partial charge < -0.3 is 10.2 Å². The molecule has 0 spiro atoms. The van der Waals surface area contributed by atoms with E-state index in [0.29, 0.717) is 0 Å². The molecule has 1 aromatic heterocycles. The Morgan fingerprint density at radius 1 is 1.25 bits per heavy atom. The molecule has 0 fully saturated rings. The van der Waals surface area contributed by atoms with E-state index < -0.39 is 0 Å². The van der Waals surface area contributed by atoms with E-state index in [0.717, 1.165) is 16.2 Å². The van der Waals surface area contributed by atoms with Gasteiger partial charge in [0.15, 0.2) is 5.75 Å². The van der Waals surface area contributed by atoms with E-state index in [9.17, 15) is 5.11 Å². The molecule has 0 aliphatic carbocycles. The first-order chi connectivity index (χ1) is 5.34. The standard InChI is InChI=1S/C8H11ClO2S/c1-8(2,3)6-4(9)5(10)7(11)12-6/h10-11H,1-3H3. The van der Waals surface area contributed by atoms with Crippen LogP contribution in [-0.2, 0) is 5.41 Å². The monoisotopic (exact) mass is 206 g/mol. The quantitative estimate of drug-likeness (QED) is 0.685. The highest BCUT2D eigenvalue weighted by Crippen LogP contribution is 2.48. The maximum absolute atomic E-state index is 9.22. The third kappa shape index (κ3) is 1.52. The minimum Gasteiger partial charge on any atom is -0.503 e. The predicted molar refractivity (Wildman–Crippen MR) is 51.4 cm³/mol. The van der Waals surface area contributed by atoms with Crippen molar-refractivity contribution in [1.82, 2.24) is 0 Å². The third-order valence-electron chi connectivity index (χ3n) is 1.49. The zero-order valence-corrected chi connectivity index (χ0v) is 8.75. The molecule has 2 N–H and O–H groups in total. The van der Waals surface area contributed by atoms with Gasteiger partial charge >= 0.3 is 0 Å². The van der Waals surface area contributed by atoms with Gasteiger partial charge in [0.05, 0.1) is 0 Å². The summed E-state index contributed by atoms with van der Waals surface area (Å²) < 4.78 is 0. The molecule has 1 aromatic rings. The number of aromatic hydroxyl groups is 2. The molecular formula is C8H11ClO2S. The average Bonchev–Trinajstić information content (AvgIpc) is 2.15. The minimum absolute atomic E-state index is 0.107. The third-order valence-corrected chi connectivity index (χ3v) is 3.38. The lowest BCUT2D eigenvalue weighted by molar-refractivity contribution is 0.415. The summed E-state index contributed by atoms with van der Waals surface area (Å²) in [6.45, 7) is 5.93. The van der Waals surface area contributed by atoms with Crippen LogP contribution in [0.1, 0.15) is 25.6 Å². The normalized spacial score (nSPS) is 12.0. The molecular weight excluding hydrogens is 196 g/mol. The fourth-order valence-electron chi connectivity index (χ4n) is 0.874. The summed E-state index contributed by atoms with van der Waals surface area (Å²) in [5, 5.41) is 18.5. The molecule has 0 aromatic carbocycles. The predicted octanol–water partition coefficient (Wildman–Crippen LogP) is 3.11. The van der Waals surface area contributed by atoms with Crippen LogP contribution in [0, 0.1) is 0 Å². The van der Waals surface area contributed by atoms with Crippen molar-refractivity contribution in [2.45, 2.75) is 26.2 Å². The molecule has 0 aliphatic rings. The van der Waals surface area contributed by atoms with Crippen molar-refractivity contribution in [3.05, 3.63) is 9.90 Å². The Morgan fingerprint density at radius 3 is 1.92 bits per heavy atom. The summed E-state index contributed by atoms with van der Waals surface area (Å²) >= 11 is 6.92. The van der Waals surface area contributed by atoms with Crippen LogP contribution in [0.5, 0.6) is 10.8 Å². The van der Waals surface area contributed by atoms with Crippen LogP contribution in [0.25, 0.3) is 0 Å². The molecule has 0 atom stereocenters. The van der Waals surface area contributed by atoms with Crippen LogP contribution in [-0.4, -0.2) is 10.2 Å². The van der Waals surface area contributed by atoms with Gasteiger partial charge in [-0.15, -0.1) is 0 Å². The molecule has 0 unspecified atom stereocenters. The fourth-order valence-corrected chi connectivity index (χ4v) is 2.30. The van der Waals surface area contributed by atoms with Gasteiger partial charge in [0.2, 0.25) is 5.06 Å². The van der Waals surface area contributed by atoms with Crippen molar-refractivity contribution in [3.8, 4) is 10.8 Å². The van der Waals surface area contributed by atoms with Crippen LogP contribution in [0.3, 0.4) is 0 Å². The molecule has 0 radical (unpaired) electrons. The summed E-state index contributed by atoms with van der Waals surface area (Å²) in [7, 11) is 0. The van der Waals surface area contributed by atoms with E-state index in [2.05, 4.69) is 0 Å². The van der Waals surface area contributed by atoms with E-state index in [-0.39, 0.29) is 21.3 Å². The van der Waals surface area contributed by atoms with E-state index in [1.54, 1.807) is 0 Å². The minimum atomic E-state index is -0.202. The topological polar surface area (TPSA) is 40.5 Å². The lowest BCUT2D eigenvalue weighted by Gasteiger charge is -2.15. The molecule has 68 valence electrons. The molecule has 0 aliphatic heterocycles. The first-order valence-corrected chi connectivity index (χ1v) is 4.74. The maximum atomic E-state index is 9.22. The molecule has 0 amide bonds. The Labute approximate surface area is 80.4 Å². The molecule has 0 saturated heterocycles. The van der Waals surface area contributed by atoms with E-state index >= 15 is 0 Å².